The van der Waals surface area contributed by atoms with Gasteiger partial charge in [-0.15, -0.1) is 10.2 Å². The molecule has 6 aromatic rings. The zero-order chi connectivity index (χ0) is 37.2. The Morgan fingerprint density at radius 2 is 1.34 bits per heavy atom. The number of sulfone groups is 1. The molecular weight excluding hydrogens is 727 g/mol. The maximum Gasteiger partial charge on any atom is 0.416 e. The van der Waals surface area contributed by atoms with Gasteiger partial charge in [0.1, 0.15) is 17.4 Å². The number of nitrogens with zero attached hydrogens (tertiary/aromatic N) is 5. The molecule has 1 aliphatic rings. The van der Waals surface area contributed by atoms with E-state index in [2.05, 4.69) is 15.2 Å². The molecule has 0 fully saturated rings. The molecule has 0 saturated carbocycles. The van der Waals surface area contributed by atoms with Gasteiger partial charge in [0, 0.05) is 17.0 Å². The van der Waals surface area contributed by atoms with Crippen LogP contribution < -0.4 is 5.56 Å². The SMILES string of the molecule is O=c1nc(SCc2ccc(F)cc2)n(Cc2nnc(CS(=O)(=O)Cc3ccccc3)n2Cc2ccc(-c3ccc(C(F)(F)F)cc3)cc2)c2c1CCC2. The summed E-state index contributed by atoms with van der Waals surface area (Å²) in [6.45, 7) is 0.371. The number of halogens is 4. The fourth-order valence-corrected chi connectivity index (χ4v) is 8.80. The highest BCUT2D eigenvalue weighted by molar-refractivity contribution is 7.98. The molecule has 0 amide bonds. The van der Waals surface area contributed by atoms with E-state index in [4.69, 9.17) is 0 Å². The van der Waals surface area contributed by atoms with E-state index in [1.165, 1.54) is 36.0 Å². The summed E-state index contributed by atoms with van der Waals surface area (Å²) in [6.07, 6.45) is -2.38. The highest BCUT2D eigenvalue weighted by atomic mass is 32.2. The molecular formula is C39H33F4N5O3S2. The van der Waals surface area contributed by atoms with Gasteiger partial charge in [0.2, 0.25) is 0 Å². The molecule has 272 valence electrons. The Balaban J connectivity index is 1.22. The van der Waals surface area contributed by atoms with Crippen LogP contribution in [0.2, 0.25) is 0 Å². The van der Waals surface area contributed by atoms with Gasteiger partial charge in [-0.05, 0) is 71.3 Å². The average molecular weight is 760 g/mol. The first kappa shape index (κ1) is 36.3. The number of hydrogen-bond donors (Lipinski definition) is 0. The summed E-state index contributed by atoms with van der Waals surface area (Å²) in [7, 11) is -3.68. The van der Waals surface area contributed by atoms with Gasteiger partial charge in [0.05, 0.1) is 24.4 Å². The second-order valence-corrected chi connectivity index (χ2v) is 15.9. The summed E-state index contributed by atoms with van der Waals surface area (Å²) in [5.41, 5.74) is 4.11. The minimum atomic E-state index is -4.43. The van der Waals surface area contributed by atoms with Gasteiger partial charge in [-0.2, -0.15) is 18.2 Å². The highest BCUT2D eigenvalue weighted by Gasteiger charge is 2.30. The molecule has 2 aromatic heterocycles. The van der Waals surface area contributed by atoms with Crippen molar-refractivity contribution in [3.05, 3.63) is 164 Å². The van der Waals surface area contributed by atoms with E-state index in [1.807, 2.05) is 22.8 Å². The highest BCUT2D eigenvalue weighted by Crippen LogP contribution is 2.32. The fraction of sp³-hybridized carbons (Fsp3) is 0.231. The number of alkyl halides is 3. The van der Waals surface area contributed by atoms with E-state index in [1.54, 1.807) is 53.1 Å². The molecule has 0 atom stereocenters. The first-order valence-corrected chi connectivity index (χ1v) is 19.6. The van der Waals surface area contributed by atoms with Crippen molar-refractivity contribution in [3.63, 3.8) is 0 Å². The van der Waals surface area contributed by atoms with Crippen LogP contribution in [0.3, 0.4) is 0 Å². The standard InChI is InChI=1S/C39H33F4N5O3S2/c40-32-19-11-27(12-20-32)23-52-38-44-37(49)33-7-4-8-34(33)47(38)22-35-45-46-36(25-53(50,51)24-28-5-2-1-3-6-28)48(35)21-26-9-13-29(14-10-26)30-15-17-31(18-16-30)39(41,42)43/h1-3,5-6,9-20H,4,7-8,21-25H2. The predicted octanol–water partition coefficient (Wildman–Crippen LogP) is 7.65. The third-order valence-corrected chi connectivity index (χ3v) is 11.6. The largest absolute Gasteiger partial charge is 0.416 e. The second-order valence-electron chi connectivity index (χ2n) is 12.9. The molecule has 8 nitrogen and oxygen atoms in total. The lowest BCUT2D eigenvalue weighted by Crippen LogP contribution is -2.23. The predicted molar refractivity (Wildman–Crippen MR) is 194 cm³/mol. The Morgan fingerprint density at radius 3 is 2.02 bits per heavy atom. The lowest BCUT2D eigenvalue weighted by molar-refractivity contribution is -0.137. The van der Waals surface area contributed by atoms with Crippen LogP contribution in [0.25, 0.3) is 11.1 Å². The summed E-state index contributed by atoms with van der Waals surface area (Å²) < 4.78 is 83.6. The van der Waals surface area contributed by atoms with Gasteiger partial charge in [-0.1, -0.05) is 90.6 Å². The van der Waals surface area contributed by atoms with Crippen molar-refractivity contribution in [3.8, 4) is 11.1 Å². The molecule has 0 spiro atoms. The second kappa shape index (κ2) is 15.1. The van der Waals surface area contributed by atoms with Crippen LogP contribution in [0.5, 0.6) is 0 Å². The lowest BCUT2D eigenvalue weighted by Gasteiger charge is -2.18. The van der Waals surface area contributed by atoms with E-state index >= 15 is 0 Å². The van der Waals surface area contributed by atoms with Crippen molar-refractivity contribution < 1.29 is 26.0 Å². The van der Waals surface area contributed by atoms with Crippen LogP contribution in [0.1, 0.15) is 51.6 Å². The molecule has 1 aliphatic carbocycles. The first-order valence-electron chi connectivity index (χ1n) is 16.8. The Bertz CT molecular complexity index is 2400. The molecule has 14 heteroatoms. The molecule has 53 heavy (non-hydrogen) atoms. The van der Waals surface area contributed by atoms with Gasteiger partial charge in [0.25, 0.3) is 5.56 Å². The number of benzene rings is 4. The zero-order valence-corrected chi connectivity index (χ0v) is 29.9. The van der Waals surface area contributed by atoms with Crippen molar-refractivity contribution >= 4 is 21.6 Å². The molecule has 4 aromatic carbocycles. The molecule has 7 rings (SSSR count). The minimum absolute atomic E-state index is 0.163. The van der Waals surface area contributed by atoms with Gasteiger partial charge in [-0.25, -0.2) is 12.8 Å². The van der Waals surface area contributed by atoms with Crippen molar-refractivity contribution in [2.45, 2.75) is 60.9 Å². The fourth-order valence-electron chi connectivity index (χ4n) is 6.42. The Hall–Kier alpha value is -5.08. The smallest absolute Gasteiger partial charge is 0.316 e. The van der Waals surface area contributed by atoms with E-state index in [9.17, 15) is 30.8 Å². The molecule has 0 unspecified atom stereocenters. The van der Waals surface area contributed by atoms with Crippen molar-refractivity contribution in [2.75, 3.05) is 0 Å². The molecule has 0 bridgehead atoms. The zero-order valence-electron chi connectivity index (χ0n) is 28.3. The van der Waals surface area contributed by atoms with Crippen LogP contribution >= 0.6 is 11.8 Å². The van der Waals surface area contributed by atoms with Gasteiger partial charge in [0.15, 0.2) is 20.8 Å². The Labute approximate surface area is 307 Å². The molecule has 0 N–H and O–H groups in total. The Morgan fingerprint density at radius 1 is 0.698 bits per heavy atom. The van der Waals surface area contributed by atoms with E-state index < -0.39 is 21.6 Å². The number of thioether (sulfide) groups is 1. The quantitative estimate of drug-likeness (QED) is 0.0718. The van der Waals surface area contributed by atoms with Crippen molar-refractivity contribution in [2.24, 2.45) is 0 Å². The topological polar surface area (TPSA) is 99.7 Å². The first-order chi connectivity index (χ1) is 25.4. The number of aromatic nitrogens is 5. The third kappa shape index (κ3) is 8.60. The van der Waals surface area contributed by atoms with Crippen LogP contribution in [0, 0.1) is 5.82 Å². The molecule has 0 radical (unpaired) electrons. The minimum Gasteiger partial charge on any atom is -0.316 e. The van der Waals surface area contributed by atoms with Crippen LogP contribution in [-0.2, 0) is 59.2 Å². The normalized spacial score (nSPS) is 13.0. The van der Waals surface area contributed by atoms with Gasteiger partial charge in [-0.3, -0.25) is 4.79 Å². The lowest BCUT2D eigenvalue weighted by atomic mass is 10.0. The molecule has 0 saturated heterocycles. The summed E-state index contributed by atoms with van der Waals surface area (Å²) in [5, 5.41) is 9.33. The van der Waals surface area contributed by atoms with E-state index in [0.717, 1.165) is 40.9 Å². The molecule has 0 aliphatic heterocycles. The van der Waals surface area contributed by atoms with Crippen LogP contribution in [-0.4, -0.2) is 32.7 Å². The monoisotopic (exact) mass is 759 g/mol. The van der Waals surface area contributed by atoms with E-state index in [-0.39, 0.29) is 41.8 Å². The summed E-state index contributed by atoms with van der Waals surface area (Å²) in [4.78, 5) is 17.5. The van der Waals surface area contributed by atoms with Crippen molar-refractivity contribution in [1.29, 1.82) is 0 Å². The third-order valence-electron chi connectivity index (χ3n) is 9.10. The Kier molecular flexibility index (Phi) is 10.3. The summed E-state index contributed by atoms with van der Waals surface area (Å²) in [6, 6.07) is 27.2. The van der Waals surface area contributed by atoms with E-state index in [0.29, 0.717) is 46.3 Å². The number of hydrogen-bond acceptors (Lipinski definition) is 7. The number of fused-ring (bicyclic) bond motifs is 1. The van der Waals surface area contributed by atoms with Gasteiger partial charge >= 0.3 is 6.18 Å². The van der Waals surface area contributed by atoms with Crippen molar-refractivity contribution in [1.82, 2.24) is 24.3 Å². The van der Waals surface area contributed by atoms with Crippen LogP contribution in [0.4, 0.5) is 17.6 Å². The summed E-state index contributed by atoms with van der Waals surface area (Å²) in [5.74, 6) is 0.247. The molecule has 2 heterocycles. The maximum atomic E-state index is 13.6. The maximum absolute atomic E-state index is 13.6. The number of rotatable bonds is 12. The summed E-state index contributed by atoms with van der Waals surface area (Å²) >= 11 is 1.35. The van der Waals surface area contributed by atoms with Gasteiger partial charge < -0.3 is 9.13 Å². The van der Waals surface area contributed by atoms with Crippen LogP contribution in [0.15, 0.2) is 113 Å². The average Bonchev–Trinajstić information content (AvgIpc) is 3.77.